The van der Waals surface area contributed by atoms with E-state index in [1.165, 1.54) is 0 Å². The van der Waals surface area contributed by atoms with Crippen molar-refractivity contribution in [3.05, 3.63) is 59.3 Å². The van der Waals surface area contributed by atoms with Gasteiger partial charge in [0.15, 0.2) is 0 Å². The monoisotopic (exact) mass is 367 g/mol. The van der Waals surface area contributed by atoms with Crippen LogP contribution in [0.3, 0.4) is 0 Å². The van der Waals surface area contributed by atoms with Gasteiger partial charge in [0.25, 0.3) is 0 Å². The van der Waals surface area contributed by atoms with Crippen LogP contribution >= 0.6 is 0 Å². The largest absolute Gasteiger partial charge is 0.475 e. The Balaban J connectivity index is 1.75. The molecule has 2 amide bonds. The minimum absolute atomic E-state index is 0.00524. The van der Waals surface area contributed by atoms with E-state index in [1.807, 2.05) is 36.9 Å². The van der Waals surface area contributed by atoms with Crippen LogP contribution in [0.4, 0.5) is 0 Å². The van der Waals surface area contributed by atoms with E-state index >= 15 is 0 Å². The van der Waals surface area contributed by atoms with Gasteiger partial charge in [-0.05, 0) is 49.9 Å². The van der Waals surface area contributed by atoms with E-state index in [0.29, 0.717) is 23.6 Å². The summed E-state index contributed by atoms with van der Waals surface area (Å²) < 4.78 is 5.64. The van der Waals surface area contributed by atoms with Crippen molar-refractivity contribution >= 4 is 11.8 Å². The molecule has 0 spiro atoms. The quantitative estimate of drug-likeness (QED) is 0.777. The zero-order valence-electron chi connectivity index (χ0n) is 15.7. The summed E-state index contributed by atoms with van der Waals surface area (Å²) >= 11 is 0. The van der Waals surface area contributed by atoms with Gasteiger partial charge in [0.1, 0.15) is 0 Å². The number of amides is 2. The van der Waals surface area contributed by atoms with Crippen LogP contribution in [0.5, 0.6) is 5.88 Å². The van der Waals surface area contributed by atoms with Crippen LogP contribution in [0.25, 0.3) is 0 Å². The second-order valence-corrected chi connectivity index (χ2v) is 7.12. The molecule has 1 fully saturated rings. The van der Waals surface area contributed by atoms with Crippen LogP contribution in [0.15, 0.2) is 42.6 Å². The molecule has 0 radical (unpaired) electrons. The molecule has 2 aromatic rings. The van der Waals surface area contributed by atoms with Crippen LogP contribution in [0.2, 0.25) is 0 Å². The fourth-order valence-electron chi connectivity index (χ4n) is 3.04. The molecule has 0 aliphatic heterocycles. The number of nitrogens with two attached hydrogens (primary N) is 1. The molecular weight excluding hydrogens is 342 g/mol. The van der Waals surface area contributed by atoms with E-state index in [2.05, 4.69) is 4.98 Å². The van der Waals surface area contributed by atoms with Crippen LogP contribution in [0.1, 0.15) is 48.2 Å². The van der Waals surface area contributed by atoms with Gasteiger partial charge in [-0.15, -0.1) is 0 Å². The predicted molar refractivity (Wildman–Crippen MR) is 102 cm³/mol. The Hall–Kier alpha value is -2.89. The van der Waals surface area contributed by atoms with E-state index < -0.39 is 5.91 Å². The highest BCUT2D eigenvalue weighted by atomic mass is 16.5. The van der Waals surface area contributed by atoms with E-state index in [4.69, 9.17) is 10.5 Å². The third-order valence-corrected chi connectivity index (χ3v) is 4.44. The molecule has 6 nitrogen and oxygen atoms in total. The molecule has 6 heteroatoms. The Kier molecular flexibility index (Phi) is 5.74. The minimum Gasteiger partial charge on any atom is -0.475 e. The van der Waals surface area contributed by atoms with E-state index in [1.54, 1.807) is 24.4 Å². The van der Waals surface area contributed by atoms with Crippen LogP contribution < -0.4 is 10.5 Å². The third kappa shape index (κ3) is 5.06. The highest BCUT2D eigenvalue weighted by Crippen LogP contribution is 2.29. The van der Waals surface area contributed by atoms with Gasteiger partial charge < -0.3 is 15.4 Å². The smallest absolute Gasteiger partial charge is 0.248 e. The van der Waals surface area contributed by atoms with Gasteiger partial charge in [-0.2, -0.15) is 0 Å². The van der Waals surface area contributed by atoms with Crippen molar-refractivity contribution < 1.29 is 14.3 Å². The lowest BCUT2D eigenvalue weighted by Gasteiger charge is -2.23. The number of aromatic nitrogens is 1. The molecule has 1 aliphatic carbocycles. The number of nitrogens with zero attached hydrogens (tertiary/aromatic N) is 2. The molecule has 1 heterocycles. The van der Waals surface area contributed by atoms with Crippen LogP contribution in [-0.2, 0) is 17.8 Å². The van der Waals surface area contributed by atoms with Crippen molar-refractivity contribution in [2.24, 2.45) is 5.73 Å². The zero-order valence-corrected chi connectivity index (χ0v) is 15.7. The first kappa shape index (κ1) is 18.9. The molecule has 0 atom stereocenters. The molecule has 1 aliphatic rings. The Morgan fingerprint density at radius 2 is 2.00 bits per heavy atom. The molecule has 0 saturated heterocycles. The number of pyridine rings is 1. The number of rotatable bonds is 8. The number of hydrogen-bond donors (Lipinski definition) is 1. The van der Waals surface area contributed by atoms with Crippen LogP contribution in [0, 0.1) is 0 Å². The van der Waals surface area contributed by atoms with Gasteiger partial charge >= 0.3 is 0 Å². The summed E-state index contributed by atoms with van der Waals surface area (Å²) in [6.45, 7) is 4.40. The number of carbonyl (C=O) groups is 2. The van der Waals surface area contributed by atoms with E-state index in [-0.39, 0.29) is 24.5 Å². The van der Waals surface area contributed by atoms with Crippen molar-refractivity contribution in [1.29, 1.82) is 0 Å². The van der Waals surface area contributed by atoms with Gasteiger partial charge in [-0.1, -0.05) is 18.2 Å². The molecule has 1 saturated carbocycles. The maximum Gasteiger partial charge on any atom is 0.248 e. The molecule has 27 heavy (non-hydrogen) atoms. The zero-order chi connectivity index (χ0) is 19.4. The third-order valence-electron chi connectivity index (χ3n) is 4.44. The summed E-state index contributed by atoms with van der Waals surface area (Å²) in [6.07, 6.45) is 3.91. The standard InChI is InChI=1S/C21H25N3O3/c1-14(2)27-19-11-15(9-10-23-19)13-24(17-7-8-17)20(25)12-16-5-3-4-6-18(16)21(22)26/h3-6,9-11,14,17H,7-8,12-13H2,1-2H3,(H2,22,26). The summed E-state index contributed by atoms with van der Waals surface area (Å²) in [5, 5.41) is 0. The average molecular weight is 367 g/mol. The summed E-state index contributed by atoms with van der Waals surface area (Å²) in [6, 6.07) is 11.0. The Bertz CT molecular complexity index is 831. The van der Waals surface area contributed by atoms with Gasteiger partial charge in [-0.3, -0.25) is 9.59 Å². The van der Waals surface area contributed by atoms with Crippen molar-refractivity contribution in [2.45, 2.75) is 51.8 Å². The molecular formula is C21H25N3O3. The van der Waals surface area contributed by atoms with Gasteiger partial charge in [0.05, 0.1) is 12.5 Å². The van der Waals surface area contributed by atoms with Crippen molar-refractivity contribution in [3.8, 4) is 5.88 Å². The molecule has 1 aromatic heterocycles. The average Bonchev–Trinajstić information content (AvgIpc) is 3.44. The lowest BCUT2D eigenvalue weighted by molar-refractivity contribution is -0.131. The Labute approximate surface area is 159 Å². The highest BCUT2D eigenvalue weighted by molar-refractivity contribution is 5.95. The lowest BCUT2D eigenvalue weighted by Crippen LogP contribution is -2.34. The van der Waals surface area contributed by atoms with Gasteiger partial charge in [0.2, 0.25) is 17.7 Å². The lowest BCUT2D eigenvalue weighted by atomic mass is 10.0. The first-order chi connectivity index (χ1) is 12.9. The SMILES string of the molecule is CC(C)Oc1cc(CN(C(=O)Cc2ccccc2C(N)=O)C2CC2)ccn1. The van der Waals surface area contributed by atoms with Gasteiger partial charge in [-0.25, -0.2) is 4.98 Å². The van der Waals surface area contributed by atoms with Crippen molar-refractivity contribution in [3.63, 3.8) is 0 Å². The second kappa shape index (κ2) is 8.20. The molecule has 1 aromatic carbocycles. The van der Waals surface area contributed by atoms with E-state index in [0.717, 1.165) is 18.4 Å². The highest BCUT2D eigenvalue weighted by Gasteiger charge is 2.32. The minimum atomic E-state index is -0.513. The Morgan fingerprint density at radius 3 is 2.67 bits per heavy atom. The van der Waals surface area contributed by atoms with Crippen molar-refractivity contribution in [2.75, 3.05) is 0 Å². The van der Waals surface area contributed by atoms with Crippen LogP contribution in [-0.4, -0.2) is 33.8 Å². The van der Waals surface area contributed by atoms with Crippen molar-refractivity contribution in [1.82, 2.24) is 9.88 Å². The number of carbonyl (C=O) groups excluding carboxylic acids is 2. The molecule has 0 bridgehead atoms. The fourth-order valence-corrected chi connectivity index (χ4v) is 3.04. The number of primary amides is 1. The maximum absolute atomic E-state index is 13.0. The topological polar surface area (TPSA) is 85.5 Å². The maximum atomic E-state index is 13.0. The van der Waals surface area contributed by atoms with Gasteiger partial charge in [0, 0.05) is 30.4 Å². The second-order valence-electron chi connectivity index (χ2n) is 7.12. The number of benzene rings is 1. The Morgan fingerprint density at radius 1 is 1.26 bits per heavy atom. The number of ether oxygens (including phenoxy) is 1. The normalized spacial score (nSPS) is 13.4. The molecule has 2 N–H and O–H groups in total. The molecule has 3 rings (SSSR count). The number of hydrogen-bond acceptors (Lipinski definition) is 4. The summed E-state index contributed by atoms with van der Waals surface area (Å²) in [5.74, 6) is 0.0418. The first-order valence-corrected chi connectivity index (χ1v) is 9.23. The van der Waals surface area contributed by atoms with E-state index in [9.17, 15) is 9.59 Å². The molecule has 142 valence electrons. The fraction of sp³-hybridized carbons (Fsp3) is 0.381. The molecule has 0 unspecified atom stereocenters. The summed E-state index contributed by atoms with van der Waals surface area (Å²) in [7, 11) is 0. The summed E-state index contributed by atoms with van der Waals surface area (Å²) in [5.41, 5.74) is 7.48. The predicted octanol–water partition coefficient (Wildman–Crippen LogP) is 2.70. The first-order valence-electron chi connectivity index (χ1n) is 9.23. The summed E-state index contributed by atoms with van der Waals surface area (Å²) in [4.78, 5) is 30.7.